The molecule has 0 aromatic heterocycles. The number of hydrogen-bond acceptors (Lipinski definition) is 4. The van der Waals surface area contributed by atoms with Crippen LogP contribution in [-0.2, 0) is 25.7 Å². The van der Waals surface area contributed by atoms with Crippen LogP contribution in [0.1, 0.15) is 33.8 Å². The lowest BCUT2D eigenvalue weighted by molar-refractivity contribution is 0.474. The second kappa shape index (κ2) is 7.92. The van der Waals surface area contributed by atoms with Gasteiger partial charge in [0.2, 0.25) is 0 Å². The van der Waals surface area contributed by atoms with E-state index in [0.717, 1.165) is 45.8 Å². The van der Waals surface area contributed by atoms with E-state index in [1.165, 1.54) is 0 Å². The minimum Gasteiger partial charge on any atom is -0.508 e. The molecule has 168 valence electrons. The summed E-state index contributed by atoms with van der Waals surface area (Å²) in [6.07, 6.45) is 2.42. The van der Waals surface area contributed by atoms with Gasteiger partial charge in [-0.2, -0.15) is 0 Å². The van der Waals surface area contributed by atoms with Gasteiger partial charge in [0.15, 0.2) is 5.82 Å². The summed E-state index contributed by atoms with van der Waals surface area (Å²) in [6.45, 7) is 0. The molecule has 34 heavy (non-hydrogen) atoms. The van der Waals surface area contributed by atoms with E-state index in [1.807, 2.05) is 36.4 Å². The number of nitrogens with one attached hydrogen (secondary N) is 1. The van der Waals surface area contributed by atoms with Crippen LogP contribution in [-0.4, -0.2) is 24.7 Å². The van der Waals surface area contributed by atoms with Crippen LogP contribution in [0.25, 0.3) is 17.1 Å². The van der Waals surface area contributed by atoms with E-state index < -0.39 is 0 Å². The predicted octanol–water partition coefficient (Wildman–Crippen LogP) is 4.36. The Morgan fingerprint density at radius 3 is 2.38 bits per heavy atom. The molecule has 0 spiro atoms. The molecular formula is C28H23N3O3. The van der Waals surface area contributed by atoms with Gasteiger partial charge in [-0.15, -0.1) is 0 Å². The third kappa shape index (κ3) is 3.44. The molecule has 6 heteroatoms. The maximum Gasteiger partial charge on any atom is 0.278 e. The lowest BCUT2D eigenvalue weighted by Gasteiger charge is -2.25. The molecule has 1 aliphatic carbocycles. The largest absolute Gasteiger partial charge is 0.508 e. The van der Waals surface area contributed by atoms with Crippen molar-refractivity contribution in [2.24, 2.45) is 0 Å². The number of phenolic OH excluding ortho intramolecular Hbond substituents is 2. The summed E-state index contributed by atoms with van der Waals surface area (Å²) < 4.78 is 1.77. The fraction of sp³-hybridized carbons (Fsp3) is 0.143. The monoisotopic (exact) mass is 449 g/mol. The normalized spacial score (nSPS) is 12.5. The van der Waals surface area contributed by atoms with E-state index in [9.17, 15) is 15.0 Å². The average Bonchev–Trinajstić information content (AvgIpc) is 3.17. The fourth-order valence-electron chi connectivity index (χ4n) is 4.88. The Bertz CT molecular complexity index is 1530. The maximum absolute atomic E-state index is 13.6. The van der Waals surface area contributed by atoms with Crippen molar-refractivity contribution in [3.05, 3.63) is 117 Å². The number of hydrogen-bond donors (Lipinski definition) is 3. The molecule has 0 amide bonds. The number of H-pyrrole nitrogens is 1. The van der Waals surface area contributed by atoms with Crippen molar-refractivity contribution in [1.82, 2.24) is 14.5 Å². The summed E-state index contributed by atoms with van der Waals surface area (Å²) in [5, 5.41) is 19.6. The molecule has 0 fully saturated rings. The molecule has 3 aromatic carbocycles. The molecule has 6 rings (SSSR count). The lowest BCUT2D eigenvalue weighted by atomic mass is 9.91. The van der Waals surface area contributed by atoms with Gasteiger partial charge in [-0.1, -0.05) is 42.5 Å². The van der Waals surface area contributed by atoms with E-state index in [4.69, 9.17) is 4.98 Å². The number of aromatic hydroxyl groups is 2. The molecule has 2 aliphatic heterocycles. The van der Waals surface area contributed by atoms with Gasteiger partial charge in [-0.25, -0.2) is 4.98 Å². The number of aryl methyl sites for hydroxylation is 1. The summed E-state index contributed by atoms with van der Waals surface area (Å²) in [6, 6.07) is 22.4. The molecule has 3 aliphatic rings. The highest BCUT2D eigenvalue weighted by atomic mass is 16.3. The van der Waals surface area contributed by atoms with Crippen LogP contribution in [0.15, 0.2) is 77.6 Å². The molecule has 3 N–H and O–H groups in total. The van der Waals surface area contributed by atoms with Crippen LogP contribution in [0, 0.1) is 0 Å². The van der Waals surface area contributed by atoms with Crippen molar-refractivity contribution < 1.29 is 10.2 Å². The Morgan fingerprint density at radius 1 is 0.853 bits per heavy atom. The molecule has 0 saturated carbocycles. The Kier molecular flexibility index (Phi) is 4.73. The standard InChI is InChI=1S/C28H23N3O3/c32-20-9-6-18(7-10-20)15-24-28(34)31-25-13-8-19-16-21(33)11-12-22(19)26(25)29-23(27(31)30-24)14-17-4-2-1-3-5-17/h1-7,9-12,16,29,32-33H,8,13-15H2. The minimum atomic E-state index is -0.107. The minimum absolute atomic E-state index is 0.107. The maximum atomic E-state index is 13.6. The molecule has 0 atom stereocenters. The number of aromatic nitrogens is 3. The van der Waals surface area contributed by atoms with Gasteiger partial charge in [0.05, 0.1) is 17.1 Å². The molecule has 0 bridgehead atoms. The van der Waals surface area contributed by atoms with Gasteiger partial charge >= 0.3 is 0 Å². The topological polar surface area (TPSA) is 91.1 Å². The van der Waals surface area contributed by atoms with Crippen molar-refractivity contribution in [1.29, 1.82) is 0 Å². The van der Waals surface area contributed by atoms with Gasteiger partial charge in [-0.3, -0.25) is 9.36 Å². The summed E-state index contributed by atoms with van der Waals surface area (Å²) >= 11 is 0. The molecule has 0 unspecified atom stereocenters. The van der Waals surface area contributed by atoms with Crippen LogP contribution in [0.4, 0.5) is 0 Å². The van der Waals surface area contributed by atoms with Gasteiger partial charge < -0.3 is 15.2 Å². The van der Waals surface area contributed by atoms with Gasteiger partial charge in [0.1, 0.15) is 17.2 Å². The Hall–Kier alpha value is -4.32. The third-order valence-corrected chi connectivity index (χ3v) is 6.53. The zero-order valence-corrected chi connectivity index (χ0v) is 18.5. The number of benzene rings is 3. The molecule has 3 aromatic rings. The first kappa shape index (κ1) is 20.3. The van der Waals surface area contributed by atoms with Gasteiger partial charge in [0.25, 0.3) is 5.56 Å². The quantitative estimate of drug-likeness (QED) is 0.380. The second-order valence-electron chi connectivity index (χ2n) is 8.79. The van der Waals surface area contributed by atoms with Gasteiger partial charge in [-0.05, 0) is 59.9 Å². The Labute approximate surface area is 196 Å². The summed E-state index contributed by atoms with van der Waals surface area (Å²) in [5.41, 5.74) is 7.18. The zero-order valence-electron chi connectivity index (χ0n) is 18.5. The SMILES string of the molecule is O=c1c(Cc2ccc(O)cc2)nc2c(Cc3ccccc3)[nH]c3c(n1-2)CCc1cc(O)ccc1-3. The highest BCUT2D eigenvalue weighted by molar-refractivity contribution is 5.71. The smallest absolute Gasteiger partial charge is 0.278 e. The van der Waals surface area contributed by atoms with E-state index in [2.05, 4.69) is 17.1 Å². The predicted molar refractivity (Wildman–Crippen MR) is 130 cm³/mol. The van der Waals surface area contributed by atoms with Crippen LogP contribution < -0.4 is 5.56 Å². The third-order valence-electron chi connectivity index (χ3n) is 6.53. The Morgan fingerprint density at radius 2 is 1.59 bits per heavy atom. The van der Waals surface area contributed by atoms with Crippen LogP contribution in [0.2, 0.25) is 0 Å². The Balaban J connectivity index is 1.55. The van der Waals surface area contributed by atoms with Crippen LogP contribution in [0.3, 0.4) is 0 Å². The summed E-state index contributed by atoms with van der Waals surface area (Å²) in [5.74, 6) is 1.10. The number of fused-ring (bicyclic) bond motifs is 5. The van der Waals surface area contributed by atoms with Crippen LogP contribution in [0.5, 0.6) is 11.5 Å². The number of rotatable bonds is 4. The molecular weight excluding hydrogens is 426 g/mol. The van der Waals surface area contributed by atoms with Crippen molar-refractivity contribution in [3.8, 4) is 28.6 Å². The first-order valence-electron chi connectivity index (χ1n) is 11.4. The van der Waals surface area contributed by atoms with Crippen molar-refractivity contribution in [2.75, 3.05) is 0 Å². The fourth-order valence-corrected chi connectivity index (χ4v) is 4.88. The van der Waals surface area contributed by atoms with E-state index in [-0.39, 0.29) is 17.1 Å². The average molecular weight is 450 g/mol. The van der Waals surface area contributed by atoms with Crippen molar-refractivity contribution in [2.45, 2.75) is 25.7 Å². The number of nitrogens with zero attached hydrogens (tertiary/aromatic N) is 2. The van der Waals surface area contributed by atoms with Crippen LogP contribution >= 0.6 is 0 Å². The van der Waals surface area contributed by atoms with E-state index in [1.54, 1.807) is 28.8 Å². The number of phenols is 2. The highest BCUT2D eigenvalue weighted by Gasteiger charge is 2.28. The molecule has 0 radical (unpaired) electrons. The lowest BCUT2D eigenvalue weighted by Crippen LogP contribution is -2.25. The zero-order chi connectivity index (χ0) is 23.2. The first-order valence-corrected chi connectivity index (χ1v) is 11.4. The van der Waals surface area contributed by atoms with E-state index in [0.29, 0.717) is 30.8 Å². The van der Waals surface area contributed by atoms with Crippen molar-refractivity contribution >= 4 is 0 Å². The van der Waals surface area contributed by atoms with Crippen molar-refractivity contribution in [3.63, 3.8) is 0 Å². The van der Waals surface area contributed by atoms with E-state index >= 15 is 0 Å². The first-order chi connectivity index (χ1) is 16.6. The molecule has 2 heterocycles. The number of imidazole rings is 1. The second-order valence-corrected chi connectivity index (χ2v) is 8.79. The summed E-state index contributed by atoms with van der Waals surface area (Å²) in [4.78, 5) is 22.1. The highest BCUT2D eigenvalue weighted by Crippen LogP contribution is 2.36. The summed E-state index contributed by atoms with van der Waals surface area (Å²) in [7, 11) is 0. The van der Waals surface area contributed by atoms with Gasteiger partial charge in [0, 0.05) is 18.4 Å². The number of aromatic amines is 1. The molecule has 6 nitrogen and oxygen atoms in total. The molecule has 0 saturated heterocycles.